The van der Waals surface area contributed by atoms with Crippen molar-refractivity contribution in [1.82, 2.24) is 4.98 Å². The van der Waals surface area contributed by atoms with E-state index in [4.69, 9.17) is 4.74 Å². The van der Waals surface area contributed by atoms with Crippen LogP contribution in [-0.2, 0) is 14.9 Å². The molecule has 1 amide bonds. The first-order chi connectivity index (χ1) is 21.3. The number of hydrogen-bond acceptors (Lipinski definition) is 7. The first-order valence-electron chi connectivity index (χ1n) is 15.9. The van der Waals surface area contributed by atoms with Crippen LogP contribution in [0.2, 0.25) is 0 Å². The molecular weight excluding hydrogens is 620 g/mol. The van der Waals surface area contributed by atoms with Crippen molar-refractivity contribution in [3.8, 4) is 17.0 Å². The fraction of sp³-hybridized carbons (Fsp3) is 0.500. The Morgan fingerprint density at radius 3 is 2.00 bits per heavy atom. The van der Waals surface area contributed by atoms with Crippen LogP contribution in [0.4, 0.5) is 5.13 Å². The van der Waals surface area contributed by atoms with Crippen LogP contribution < -0.4 is 10.1 Å². The third-order valence-electron chi connectivity index (χ3n) is 7.44. The number of Topliss-reactive ketones (excluding diaryl/α,β-unsaturated/α-hetero) is 1. The molecule has 0 aliphatic heterocycles. The van der Waals surface area contributed by atoms with Gasteiger partial charge in [0, 0.05) is 46.1 Å². The minimum atomic E-state index is -4.34. The van der Waals surface area contributed by atoms with E-state index in [0.29, 0.717) is 29.2 Å². The van der Waals surface area contributed by atoms with Gasteiger partial charge in [-0.15, -0.1) is 11.3 Å². The maximum Gasteiger partial charge on any atom is 0.294 e. The van der Waals surface area contributed by atoms with Crippen molar-refractivity contribution in [2.45, 2.75) is 108 Å². The summed E-state index contributed by atoms with van der Waals surface area (Å²) in [5.41, 5.74) is 1.33. The van der Waals surface area contributed by atoms with Gasteiger partial charge in [0.2, 0.25) is 5.91 Å². The van der Waals surface area contributed by atoms with Gasteiger partial charge in [0.05, 0.1) is 23.6 Å². The normalized spacial score (nSPS) is 11.2. The molecule has 11 heteroatoms. The van der Waals surface area contributed by atoms with Crippen LogP contribution >= 0.6 is 11.3 Å². The summed E-state index contributed by atoms with van der Waals surface area (Å²) in [5.74, 6) is -0.117. The van der Waals surface area contributed by atoms with E-state index in [0.717, 1.165) is 24.2 Å². The molecule has 8 nitrogen and oxygen atoms in total. The average molecular weight is 666 g/mol. The van der Waals surface area contributed by atoms with Gasteiger partial charge in [0.25, 0.3) is 10.1 Å². The van der Waals surface area contributed by atoms with Crippen LogP contribution in [0.25, 0.3) is 11.3 Å². The van der Waals surface area contributed by atoms with Crippen molar-refractivity contribution >= 4 is 67.8 Å². The quantitative estimate of drug-likeness (QED) is 0.0362. The minimum Gasteiger partial charge on any atom is -0.494 e. The molecule has 0 unspecified atom stereocenters. The summed E-state index contributed by atoms with van der Waals surface area (Å²) in [7, 11) is -4.34. The monoisotopic (exact) mass is 665 g/mol. The number of amides is 1. The third kappa shape index (κ3) is 15.4. The van der Waals surface area contributed by atoms with E-state index in [1.54, 1.807) is 35.7 Å². The topological polar surface area (TPSA) is 123 Å². The largest absolute Gasteiger partial charge is 0.494 e. The Hall–Kier alpha value is -2.08. The molecule has 2 aromatic carbocycles. The van der Waals surface area contributed by atoms with Gasteiger partial charge in [-0.05, 0) is 42.8 Å². The Labute approximate surface area is 294 Å². The molecular formula is C34H46N2NaO6S2. The Kier molecular flexibility index (Phi) is 18.8. The number of nitrogens with one attached hydrogen (secondary N) is 1. The number of aromatic nitrogens is 1. The van der Waals surface area contributed by atoms with Crippen molar-refractivity contribution in [2.75, 3.05) is 11.9 Å². The number of rotatable bonds is 22. The fourth-order valence-electron chi connectivity index (χ4n) is 4.91. The molecule has 3 rings (SSSR count). The van der Waals surface area contributed by atoms with Crippen LogP contribution in [0.1, 0.15) is 114 Å². The minimum absolute atomic E-state index is 0. The summed E-state index contributed by atoms with van der Waals surface area (Å²) in [6.07, 6.45) is 18.0. The molecule has 3 aromatic rings. The van der Waals surface area contributed by atoms with Crippen LogP contribution in [0.3, 0.4) is 0 Å². The van der Waals surface area contributed by atoms with Gasteiger partial charge in [0.15, 0.2) is 10.9 Å². The van der Waals surface area contributed by atoms with Gasteiger partial charge >= 0.3 is 0 Å². The predicted molar refractivity (Wildman–Crippen MR) is 183 cm³/mol. The molecule has 0 fully saturated rings. The molecule has 0 spiro atoms. The zero-order chi connectivity index (χ0) is 31.6. The first-order valence-corrected chi connectivity index (χ1v) is 18.2. The summed E-state index contributed by atoms with van der Waals surface area (Å²) in [4.78, 5) is 29.1. The Balaban J connectivity index is 0.00000705. The molecule has 0 saturated heterocycles. The van der Waals surface area contributed by atoms with Crippen molar-refractivity contribution < 1.29 is 27.3 Å². The molecule has 0 aliphatic carbocycles. The maximum atomic E-state index is 12.6. The zero-order valence-corrected chi connectivity index (χ0v) is 30.4. The molecule has 1 heterocycles. The molecule has 1 radical (unpaired) electrons. The first kappa shape index (κ1) is 39.1. The Morgan fingerprint density at radius 1 is 0.844 bits per heavy atom. The van der Waals surface area contributed by atoms with E-state index in [2.05, 4.69) is 17.2 Å². The molecule has 0 aliphatic rings. The molecule has 0 bridgehead atoms. The van der Waals surface area contributed by atoms with E-state index in [1.165, 1.54) is 95.2 Å². The molecule has 0 saturated carbocycles. The number of carbonyl (C=O) groups excluding carboxylic acids is 2. The number of nitrogens with zero attached hydrogens (tertiary/aromatic N) is 1. The van der Waals surface area contributed by atoms with Gasteiger partial charge in [0.1, 0.15) is 5.75 Å². The van der Waals surface area contributed by atoms with E-state index in [1.807, 2.05) is 0 Å². The maximum absolute atomic E-state index is 12.6. The van der Waals surface area contributed by atoms with Crippen LogP contribution in [-0.4, -0.2) is 65.8 Å². The van der Waals surface area contributed by atoms with Gasteiger partial charge < -0.3 is 10.1 Å². The second kappa shape index (κ2) is 21.7. The van der Waals surface area contributed by atoms with E-state index < -0.39 is 16.0 Å². The van der Waals surface area contributed by atoms with E-state index >= 15 is 0 Å². The molecule has 1 aromatic heterocycles. The number of anilines is 1. The van der Waals surface area contributed by atoms with Crippen molar-refractivity contribution in [2.24, 2.45) is 0 Å². The Bertz CT molecular complexity index is 1410. The van der Waals surface area contributed by atoms with Crippen LogP contribution in [0.5, 0.6) is 5.75 Å². The summed E-state index contributed by atoms with van der Waals surface area (Å²) in [6, 6.07) is 12.6. The second-order valence-electron chi connectivity index (χ2n) is 11.2. The molecule has 2 N–H and O–H groups in total. The average Bonchev–Trinajstić information content (AvgIpc) is 3.47. The van der Waals surface area contributed by atoms with Crippen LogP contribution in [0, 0.1) is 0 Å². The van der Waals surface area contributed by atoms with Gasteiger partial charge in [-0.25, -0.2) is 4.98 Å². The van der Waals surface area contributed by atoms with Gasteiger partial charge in [-0.1, -0.05) is 103 Å². The Morgan fingerprint density at radius 2 is 1.42 bits per heavy atom. The number of ketones is 1. The number of thiazole rings is 1. The second-order valence-corrected chi connectivity index (χ2v) is 13.4. The van der Waals surface area contributed by atoms with E-state index in [9.17, 15) is 22.6 Å². The summed E-state index contributed by atoms with van der Waals surface area (Å²) in [6.45, 7) is 2.90. The van der Waals surface area contributed by atoms with E-state index in [-0.39, 0.29) is 51.8 Å². The van der Waals surface area contributed by atoms with Crippen molar-refractivity contribution in [3.05, 3.63) is 59.5 Å². The van der Waals surface area contributed by atoms with Gasteiger partial charge in [-0.2, -0.15) is 8.42 Å². The van der Waals surface area contributed by atoms with Crippen molar-refractivity contribution in [1.29, 1.82) is 0 Å². The number of benzene rings is 2. The molecule has 45 heavy (non-hydrogen) atoms. The van der Waals surface area contributed by atoms with Gasteiger partial charge in [-0.3, -0.25) is 14.1 Å². The summed E-state index contributed by atoms with van der Waals surface area (Å²) in [5, 5.41) is 4.55. The van der Waals surface area contributed by atoms with Crippen LogP contribution in [0.15, 0.2) is 58.8 Å². The summed E-state index contributed by atoms with van der Waals surface area (Å²) < 4.78 is 37.9. The standard InChI is InChI=1S/C34H46N2O6S2.Na/c1-2-3-4-5-6-7-8-9-10-11-12-13-14-15-23-42-29-21-19-27(20-22-29)32(37)25-33(38)36-34-35-31(26-43-34)28-17-16-18-30(24-28)44(39,40)41;/h16-22,24,26H,2-15,23,25H2,1H3,(H,35,36,38)(H,39,40,41);. The molecule has 0 atom stereocenters. The number of hydrogen-bond donors (Lipinski definition) is 2. The SMILES string of the molecule is CCCCCCCCCCCCCCCCOc1ccc(C(=O)CC(=O)Nc2nc(-c3cccc(S(=O)(=O)O)c3)cs2)cc1.[Na]. The zero-order valence-electron chi connectivity index (χ0n) is 26.8. The smallest absolute Gasteiger partial charge is 0.294 e. The van der Waals surface area contributed by atoms with Crippen molar-refractivity contribution in [3.63, 3.8) is 0 Å². The number of carbonyl (C=O) groups is 2. The third-order valence-corrected chi connectivity index (χ3v) is 9.05. The fourth-order valence-corrected chi connectivity index (χ4v) is 6.18. The summed E-state index contributed by atoms with van der Waals surface area (Å²) >= 11 is 1.15. The predicted octanol–water partition coefficient (Wildman–Crippen LogP) is 8.75. The molecule has 241 valence electrons. The number of unbranched alkanes of at least 4 members (excludes halogenated alkanes) is 13. The number of ether oxygens (including phenoxy) is 1.